The van der Waals surface area contributed by atoms with E-state index in [1.165, 1.54) is 0 Å². The number of thiocarbonyl (C=S) groups is 1. The van der Waals surface area contributed by atoms with Crippen molar-refractivity contribution in [2.75, 3.05) is 32.5 Å². The highest BCUT2D eigenvalue weighted by atomic mass is 32.1. The molecule has 0 bridgehead atoms. The largest absolute Gasteiger partial charge is 0.362 e. The van der Waals surface area contributed by atoms with Crippen LogP contribution in [0.1, 0.15) is 11.4 Å². The van der Waals surface area contributed by atoms with E-state index < -0.39 is 0 Å². The molecule has 2 aromatic rings. The summed E-state index contributed by atoms with van der Waals surface area (Å²) in [5.41, 5.74) is 3.09. The molecule has 1 heterocycles. The molecule has 0 spiro atoms. The lowest BCUT2D eigenvalue weighted by Crippen LogP contribution is -2.30. The third-order valence-electron chi connectivity index (χ3n) is 3.10. The van der Waals surface area contributed by atoms with Gasteiger partial charge >= 0.3 is 0 Å². The van der Waals surface area contributed by atoms with E-state index in [0.717, 1.165) is 41.5 Å². The molecule has 2 rings (SSSR count). The summed E-state index contributed by atoms with van der Waals surface area (Å²) in [6, 6.07) is 8.16. The Hall–Kier alpha value is -1.50. The Balaban J connectivity index is 1.89. The van der Waals surface area contributed by atoms with Crippen molar-refractivity contribution in [2.24, 2.45) is 0 Å². The van der Waals surface area contributed by atoms with Gasteiger partial charge in [0.1, 0.15) is 0 Å². The second kappa shape index (κ2) is 8.22. The fourth-order valence-corrected chi connectivity index (χ4v) is 2.87. The number of thiazole rings is 1. The summed E-state index contributed by atoms with van der Waals surface area (Å²) in [6.45, 7) is 3.94. The minimum absolute atomic E-state index is 0.658. The topological polar surface area (TPSA) is 40.2 Å². The Bertz CT molecular complexity index is 622. The molecule has 0 amide bonds. The normalized spacial score (nSPS) is 10.7. The zero-order chi connectivity index (χ0) is 15.9. The molecule has 1 aromatic carbocycles. The van der Waals surface area contributed by atoms with Crippen LogP contribution in [0.25, 0.3) is 11.3 Å². The van der Waals surface area contributed by atoms with Gasteiger partial charge in [-0.15, -0.1) is 11.3 Å². The van der Waals surface area contributed by atoms with Crippen LogP contribution in [0, 0.1) is 6.92 Å². The van der Waals surface area contributed by atoms with Crippen LogP contribution in [-0.4, -0.2) is 42.2 Å². The maximum Gasteiger partial charge on any atom is 0.170 e. The molecule has 1 aromatic heterocycles. The van der Waals surface area contributed by atoms with Crippen molar-refractivity contribution in [3.05, 3.63) is 34.7 Å². The van der Waals surface area contributed by atoms with Gasteiger partial charge in [-0.1, -0.05) is 12.1 Å². The predicted molar refractivity (Wildman–Crippen MR) is 99.7 cm³/mol. The summed E-state index contributed by atoms with van der Waals surface area (Å²) >= 11 is 6.99. The highest BCUT2D eigenvalue weighted by molar-refractivity contribution is 7.80. The Morgan fingerprint density at radius 3 is 2.86 bits per heavy atom. The fourth-order valence-electron chi connectivity index (χ4n) is 2.02. The van der Waals surface area contributed by atoms with Gasteiger partial charge in [0.05, 0.1) is 10.7 Å². The molecule has 2 N–H and O–H groups in total. The molecule has 6 heteroatoms. The average molecular weight is 335 g/mol. The van der Waals surface area contributed by atoms with Crippen LogP contribution in [-0.2, 0) is 0 Å². The maximum atomic E-state index is 5.33. The first-order valence-corrected chi connectivity index (χ1v) is 8.55. The molecule has 0 radical (unpaired) electrons. The first-order chi connectivity index (χ1) is 10.5. The van der Waals surface area contributed by atoms with Crippen LogP contribution >= 0.6 is 23.6 Å². The molecule has 0 atom stereocenters. The van der Waals surface area contributed by atoms with Crippen molar-refractivity contribution in [3.63, 3.8) is 0 Å². The molecule has 22 heavy (non-hydrogen) atoms. The summed E-state index contributed by atoms with van der Waals surface area (Å²) in [4.78, 5) is 6.68. The lowest BCUT2D eigenvalue weighted by molar-refractivity contribution is 0.400. The lowest BCUT2D eigenvalue weighted by atomic mass is 10.1. The summed E-state index contributed by atoms with van der Waals surface area (Å²) < 4.78 is 0. The van der Waals surface area contributed by atoms with Crippen molar-refractivity contribution >= 4 is 34.4 Å². The van der Waals surface area contributed by atoms with Crippen LogP contribution in [0.2, 0.25) is 0 Å². The Kier molecular flexibility index (Phi) is 6.30. The van der Waals surface area contributed by atoms with Gasteiger partial charge in [-0.05, 0) is 58.3 Å². The summed E-state index contributed by atoms with van der Waals surface area (Å²) in [6.07, 6.45) is 1.06. The maximum absolute atomic E-state index is 5.33. The van der Waals surface area contributed by atoms with Crippen LogP contribution in [0.15, 0.2) is 29.6 Å². The van der Waals surface area contributed by atoms with Gasteiger partial charge in [-0.2, -0.15) is 0 Å². The summed E-state index contributed by atoms with van der Waals surface area (Å²) in [7, 11) is 4.14. The number of hydrogen-bond donors (Lipinski definition) is 2. The SMILES string of the molecule is Cc1nc(-c2cccc(NC(=S)NCCCN(C)C)c2)cs1. The number of nitrogens with one attached hydrogen (secondary N) is 2. The van der Waals surface area contributed by atoms with Gasteiger partial charge in [0.25, 0.3) is 0 Å². The van der Waals surface area contributed by atoms with Gasteiger partial charge in [0.15, 0.2) is 5.11 Å². The Morgan fingerprint density at radius 2 is 2.18 bits per heavy atom. The first-order valence-electron chi connectivity index (χ1n) is 7.27. The van der Waals surface area contributed by atoms with Crippen LogP contribution in [0.3, 0.4) is 0 Å². The number of aromatic nitrogens is 1. The zero-order valence-corrected chi connectivity index (χ0v) is 14.9. The molecule has 4 nitrogen and oxygen atoms in total. The van der Waals surface area contributed by atoms with Gasteiger partial charge in [0, 0.05) is 23.2 Å². The molecular formula is C16H22N4S2. The van der Waals surface area contributed by atoms with E-state index in [9.17, 15) is 0 Å². The molecule has 0 saturated carbocycles. The summed E-state index contributed by atoms with van der Waals surface area (Å²) in [5, 5.41) is 10.3. The molecular weight excluding hydrogens is 312 g/mol. The van der Waals surface area contributed by atoms with Gasteiger partial charge in [-0.25, -0.2) is 4.98 Å². The van der Waals surface area contributed by atoms with E-state index in [1.807, 2.05) is 19.1 Å². The Morgan fingerprint density at radius 1 is 1.36 bits per heavy atom. The second-order valence-corrected chi connectivity index (χ2v) is 6.84. The van der Waals surface area contributed by atoms with E-state index in [2.05, 4.69) is 52.1 Å². The van der Waals surface area contributed by atoms with E-state index >= 15 is 0 Å². The molecule has 0 aliphatic rings. The minimum atomic E-state index is 0.658. The molecule has 0 unspecified atom stereocenters. The van der Waals surface area contributed by atoms with Gasteiger partial charge in [-0.3, -0.25) is 0 Å². The van der Waals surface area contributed by atoms with E-state index in [4.69, 9.17) is 12.2 Å². The van der Waals surface area contributed by atoms with E-state index in [1.54, 1.807) is 11.3 Å². The third kappa shape index (κ3) is 5.36. The lowest BCUT2D eigenvalue weighted by Gasteiger charge is -2.13. The molecule has 0 aliphatic carbocycles. The van der Waals surface area contributed by atoms with Crippen molar-refractivity contribution in [3.8, 4) is 11.3 Å². The summed E-state index contributed by atoms with van der Waals surface area (Å²) in [5.74, 6) is 0. The van der Waals surface area contributed by atoms with Crippen molar-refractivity contribution in [1.82, 2.24) is 15.2 Å². The van der Waals surface area contributed by atoms with Gasteiger partial charge in [0.2, 0.25) is 0 Å². The average Bonchev–Trinajstić information content (AvgIpc) is 2.90. The van der Waals surface area contributed by atoms with Crippen LogP contribution < -0.4 is 10.6 Å². The van der Waals surface area contributed by atoms with Crippen molar-refractivity contribution in [1.29, 1.82) is 0 Å². The van der Waals surface area contributed by atoms with Gasteiger partial charge < -0.3 is 15.5 Å². The Labute approximate surface area is 141 Å². The smallest absolute Gasteiger partial charge is 0.170 e. The highest BCUT2D eigenvalue weighted by Crippen LogP contribution is 2.24. The van der Waals surface area contributed by atoms with Crippen molar-refractivity contribution < 1.29 is 0 Å². The minimum Gasteiger partial charge on any atom is -0.362 e. The number of anilines is 1. The number of aryl methyl sites for hydroxylation is 1. The molecule has 0 saturated heterocycles. The second-order valence-electron chi connectivity index (χ2n) is 5.37. The number of benzene rings is 1. The van der Waals surface area contributed by atoms with Crippen molar-refractivity contribution in [2.45, 2.75) is 13.3 Å². The number of hydrogen-bond acceptors (Lipinski definition) is 4. The fraction of sp³-hybridized carbons (Fsp3) is 0.375. The molecule has 0 fully saturated rings. The zero-order valence-electron chi connectivity index (χ0n) is 13.2. The quantitative estimate of drug-likeness (QED) is 0.626. The standard InChI is InChI=1S/C16H22N4S2/c1-12-18-15(11-22-12)13-6-4-7-14(10-13)19-16(21)17-8-5-9-20(2)3/h4,6-7,10-11H,5,8-9H2,1-3H3,(H2,17,19,21). The van der Waals surface area contributed by atoms with E-state index in [0.29, 0.717) is 5.11 Å². The molecule has 0 aliphatic heterocycles. The first kappa shape index (κ1) is 16.9. The number of nitrogens with zero attached hydrogens (tertiary/aromatic N) is 2. The highest BCUT2D eigenvalue weighted by Gasteiger charge is 2.04. The van der Waals surface area contributed by atoms with Crippen LogP contribution in [0.4, 0.5) is 5.69 Å². The number of rotatable bonds is 6. The van der Waals surface area contributed by atoms with E-state index in [-0.39, 0.29) is 0 Å². The monoisotopic (exact) mass is 334 g/mol. The van der Waals surface area contributed by atoms with Crippen LogP contribution in [0.5, 0.6) is 0 Å². The molecule has 118 valence electrons. The predicted octanol–water partition coefficient (Wildman–Crippen LogP) is 3.36. The third-order valence-corrected chi connectivity index (χ3v) is 4.12.